The zero-order valence-electron chi connectivity index (χ0n) is 6.85. The van der Waals surface area contributed by atoms with Crippen LogP contribution in [0, 0.1) is 6.92 Å². The summed E-state index contributed by atoms with van der Waals surface area (Å²) in [7, 11) is 0. The molecule has 2 N–H and O–H groups in total. The number of aromatic nitrogens is 2. The highest BCUT2D eigenvalue weighted by atomic mass is 32.2. The smallest absolute Gasteiger partial charge is 0.200 e. The van der Waals surface area contributed by atoms with Crippen molar-refractivity contribution in [1.29, 1.82) is 0 Å². The highest BCUT2D eigenvalue weighted by Gasteiger charge is 1.93. The van der Waals surface area contributed by atoms with Crippen LogP contribution >= 0.6 is 11.8 Å². The fourth-order valence-electron chi connectivity index (χ4n) is 0.774. The summed E-state index contributed by atoms with van der Waals surface area (Å²) >= 11 is 1.82. The maximum atomic E-state index is 4.11. The van der Waals surface area contributed by atoms with Crippen molar-refractivity contribution in [2.45, 2.75) is 6.92 Å². The van der Waals surface area contributed by atoms with Gasteiger partial charge in [0.1, 0.15) is 0 Å². The molecule has 1 heterocycles. The summed E-state index contributed by atoms with van der Waals surface area (Å²) < 4.78 is 0. The summed E-state index contributed by atoms with van der Waals surface area (Å²) in [5.74, 6) is 1.98. The molecule has 0 aliphatic rings. The first-order valence-corrected chi connectivity index (χ1v) is 4.96. The summed E-state index contributed by atoms with van der Waals surface area (Å²) in [6.45, 7) is 2.96. The second-order valence-electron chi connectivity index (χ2n) is 2.33. The van der Waals surface area contributed by atoms with Gasteiger partial charge in [0.15, 0.2) is 5.95 Å². The Morgan fingerprint density at radius 1 is 1.73 bits per heavy atom. The summed E-state index contributed by atoms with van der Waals surface area (Å²) in [6, 6.07) is 0. The average molecular weight is 171 g/mol. The summed E-state index contributed by atoms with van der Waals surface area (Å²) in [4.78, 5) is 7.22. The Bertz CT molecular complexity index is 209. The van der Waals surface area contributed by atoms with Gasteiger partial charge in [0.05, 0.1) is 0 Å². The number of hydrogen-bond donors (Lipinski definition) is 2. The molecule has 1 aromatic rings. The van der Waals surface area contributed by atoms with Crippen molar-refractivity contribution in [2.24, 2.45) is 0 Å². The molecule has 0 spiro atoms. The van der Waals surface area contributed by atoms with E-state index in [9.17, 15) is 0 Å². The van der Waals surface area contributed by atoms with E-state index in [2.05, 4.69) is 21.5 Å². The van der Waals surface area contributed by atoms with Crippen LogP contribution in [-0.2, 0) is 0 Å². The van der Waals surface area contributed by atoms with Crippen LogP contribution in [0.5, 0.6) is 0 Å². The molecule has 0 radical (unpaired) electrons. The number of imidazole rings is 1. The van der Waals surface area contributed by atoms with Crippen molar-refractivity contribution in [3.63, 3.8) is 0 Å². The van der Waals surface area contributed by atoms with Gasteiger partial charge in [-0.3, -0.25) is 0 Å². The highest BCUT2D eigenvalue weighted by molar-refractivity contribution is 7.98. The molecule has 1 rings (SSSR count). The zero-order valence-corrected chi connectivity index (χ0v) is 7.66. The molecule has 11 heavy (non-hydrogen) atoms. The first-order chi connectivity index (χ1) is 5.33. The van der Waals surface area contributed by atoms with Crippen LogP contribution in [0.25, 0.3) is 0 Å². The molecule has 0 aliphatic heterocycles. The van der Waals surface area contributed by atoms with Crippen molar-refractivity contribution in [2.75, 3.05) is 23.9 Å². The molecular weight excluding hydrogens is 158 g/mol. The average Bonchev–Trinajstić information content (AvgIpc) is 2.37. The Kier molecular flexibility index (Phi) is 3.29. The van der Waals surface area contributed by atoms with E-state index in [0.29, 0.717) is 0 Å². The van der Waals surface area contributed by atoms with Gasteiger partial charge in [-0.15, -0.1) is 0 Å². The minimum absolute atomic E-state index is 0.872. The summed E-state index contributed by atoms with van der Waals surface area (Å²) in [6.07, 6.45) is 3.91. The molecule has 0 aromatic carbocycles. The van der Waals surface area contributed by atoms with Gasteiger partial charge < -0.3 is 10.3 Å². The lowest BCUT2D eigenvalue weighted by Crippen LogP contribution is -2.04. The summed E-state index contributed by atoms with van der Waals surface area (Å²) in [5.41, 5.74) is 1.09. The molecule has 0 atom stereocenters. The van der Waals surface area contributed by atoms with E-state index in [0.717, 1.165) is 23.9 Å². The van der Waals surface area contributed by atoms with Crippen molar-refractivity contribution in [3.8, 4) is 0 Å². The molecule has 1 aromatic heterocycles. The molecule has 0 saturated carbocycles. The lowest BCUT2D eigenvalue weighted by atomic mass is 10.6. The third kappa shape index (κ3) is 2.84. The number of H-pyrrole nitrogens is 1. The second kappa shape index (κ2) is 4.28. The molecule has 62 valence electrons. The van der Waals surface area contributed by atoms with E-state index < -0.39 is 0 Å². The second-order valence-corrected chi connectivity index (χ2v) is 3.32. The number of nitrogens with one attached hydrogen (secondary N) is 2. The third-order valence-electron chi connectivity index (χ3n) is 1.30. The molecule has 0 unspecified atom stereocenters. The molecule has 0 fully saturated rings. The maximum absolute atomic E-state index is 4.11. The predicted molar refractivity (Wildman–Crippen MR) is 50.2 cm³/mol. The Balaban J connectivity index is 2.27. The minimum Gasteiger partial charge on any atom is -0.355 e. The molecule has 3 nitrogen and oxygen atoms in total. The van der Waals surface area contributed by atoms with Gasteiger partial charge in [0.25, 0.3) is 0 Å². The SMILES string of the molecule is CSCCNc1ncc(C)[nH]1. The van der Waals surface area contributed by atoms with Gasteiger partial charge >= 0.3 is 0 Å². The van der Waals surface area contributed by atoms with Crippen molar-refractivity contribution >= 4 is 17.7 Å². The lowest BCUT2D eigenvalue weighted by molar-refractivity contribution is 1.14. The van der Waals surface area contributed by atoms with E-state index in [1.807, 2.05) is 24.9 Å². The fraction of sp³-hybridized carbons (Fsp3) is 0.571. The minimum atomic E-state index is 0.872. The number of anilines is 1. The van der Waals surface area contributed by atoms with Gasteiger partial charge in [-0.05, 0) is 13.2 Å². The fourth-order valence-corrected chi connectivity index (χ4v) is 1.08. The van der Waals surface area contributed by atoms with E-state index in [-0.39, 0.29) is 0 Å². The van der Waals surface area contributed by atoms with Crippen LogP contribution in [0.3, 0.4) is 0 Å². The quantitative estimate of drug-likeness (QED) is 0.674. The third-order valence-corrected chi connectivity index (χ3v) is 1.91. The topological polar surface area (TPSA) is 40.7 Å². The molecular formula is C7H13N3S. The van der Waals surface area contributed by atoms with E-state index in [1.165, 1.54) is 0 Å². The number of thioether (sulfide) groups is 1. The Morgan fingerprint density at radius 2 is 2.55 bits per heavy atom. The van der Waals surface area contributed by atoms with Crippen LogP contribution < -0.4 is 5.32 Å². The van der Waals surface area contributed by atoms with Gasteiger partial charge in [-0.25, -0.2) is 4.98 Å². The van der Waals surface area contributed by atoms with Crippen LogP contribution in [0.15, 0.2) is 6.20 Å². The number of aromatic amines is 1. The Labute approximate surface area is 71.0 Å². The van der Waals surface area contributed by atoms with Crippen LogP contribution in [-0.4, -0.2) is 28.5 Å². The number of rotatable bonds is 4. The lowest BCUT2D eigenvalue weighted by Gasteiger charge is -1.98. The van der Waals surface area contributed by atoms with E-state index in [4.69, 9.17) is 0 Å². The molecule has 0 bridgehead atoms. The zero-order chi connectivity index (χ0) is 8.10. The summed E-state index contributed by atoms with van der Waals surface area (Å²) in [5, 5.41) is 3.18. The normalized spacial score (nSPS) is 10.0. The van der Waals surface area contributed by atoms with Crippen molar-refractivity contribution in [3.05, 3.63) is 11.9 Å². The molecule has 0 aliphatic carbocycles. The standard InChI is InChI=1S/C7H13N3S/c1-6-5-9-7(10-6)8-3-4-11-2/h5H,3-4H2,1-2H3,(H2,8,9,10). The number of aryl methyl sites for hydroxylation is 1. The monoisotopic (exact) mass is 171 g/mol. The first-order valence-electron chi connectivity index (χ1n) is 3.57. The van der Waals surface area contributed by atoms with Crippen molar-refractivity contribution in [1.82, 2.24) is 9.97 Å². The van der Waals surface area contributed by atoms with Crippen LogP contribution in [0.4, 0.5) is 5.95 Å². The maximum Gasteiger partial charge on any atom is 0.200 e. The Morgan fingerprint density at radius 3 is 3.09 bits per heavy atom. The molecule has 0 saturated heterocycles. The number of nitrogens with zero attached hydrogens (tertiary/aromatic N) is 1. The predicted octanol–water partition coefficient (Wildman–Crippen LogP) is 1.49. The Hall–Kier alpha value is -0.640. The van der Waals surface area contributed by atoms with Gasteiger partial charge in [-0.1, -0.05) is 0 Å². The van der Waals surface area contributed by atoms with Gasteiger partial charge in [0, 0.05) is 24.2 Å². The first kappa shape index (κ1) is 8.46. The van der Waals surface area contributed by atoms with Gasteiger partial charge in [-0.2, -0.15) is 11.8 Å². The van der Waals surface area contributed by atoms with E-state index >= 15 is 0 Å². The van der Waals surface area contributed by atoms with Crippen LogP contribution in [0.2, 0.25) is 0 Å². The molecule has 4 heteroatoms. The number of hydrogen-bond acceptors (Lipinski definition) is 3. The van der Waals surface area contributed by atoms with Crippen LogP contribution in [0.1, 0.15) is 5.69 Å². The highest BCUT2D eigenvalue weighted by Crippen LogP contribution is 2.00. The van der Waals surface area contributed by atoms with E-state index in [1.54, 1.807) is 0 Å². The molecule has 0 amide bonds. The van der Waals surface area contributed by atoms with Gasteiger partial charge in [0.2, 0.25) is 0 Å². The van der Waals surface area contributed by atoms with Crippen molar-refractivity contribution < 1.29 is 0 Å². The largest absolute Gasteiger partial charge is 0.355 e.